The highest BCUT2D eigenvalue weighted by Gasteiger charge is 2.30. The first-order valence-electron chi connectivity index (χ1n) is 7.93. The van der Waals surface area contributed by atoms with E-state index in [1.165, 1.54) is 5.56 Å². The van der Waals surface area contributed by atoms with Gasteiger partial charge in [-0.15, -0.1) is 0 Å². The Balaban J connectivity index is 1.63. The number of nitrogens with zero attached hydrogens (tertiary/aromatic N) is 3. The number of carbonyl (C=O) groups is 1. The van der Waals surface area contributed by atoms with E-state index >= 15 is 0 Å². The Morgan fingerprint density at radius 3 is 2.95 bits per heavy atom. The second-order valence-corrected chi connectivity index (χ2v) is 5.72. The Labute approximate surface area is 130 Å². The third-order valence-electron chi connectivity index (χ3n) is 4.28. The lowest BCUT2D eigenvalue weighted by atomic mass is 10.0. The standard InChI is InChI=1S/C17H21N3O2/c1-2-15-12-16(19-22-15)17(21)20-11-3-4-14(20)6-5-13-7-9-18-10-8-13/h7-10,12,14H,2-6,11H2,1H3/t14-/m1/s1. The van der Waals surface area contributed by atoms with Crippen molar-refractivity contribution in [3.63, 3.8) is 0 Å². The van der Waals surface area contributed by atoms with E-state index < -0.39 is 0 Å². The average molecular weight is 299 g/mol. The van der Waals surface area contributed by atoms with Crippen LogP contribution in [0.2, 0.25) is 0 Å². The van der Waals surface area contributed by atoms with Gasteiger partial charge in [-0.1, -0.05) is 12.1 Å². The van der Waals surface area contributed by atoms with Gasteiger partial charge in [0.15, 0.2) is 5.69 Å². The lowest BCUT2D eigenvalue weighted by Crippen LogP contribution is -2.36. The Kier molecular flexibility index (Phi) is 4.51. The lowest BCUT2D eigenvalue weighted by molar-refractivity contribution is 0.0720. The average Bonchev–Trinajstić information content (AvgIpc) is 3.22. The number of rotatable bonds is 5. The van der Waals surface area contributed by atoms with Crippen molar-refractivity contribution in [3.8, 4) is 0 Å². The van der Waals surface area contributed by atoms with E-state index in [-0.39, 0.29) is 5.91 Å². The van der Waals surface area contributed by atoms with Crippen molar-refractivity contribution in [2.45, 2.75) is 45.1 Å². The molecule has 0 saturated carbocycles. The van der Waals surface area contributed by atoms with Crippen molar-refractivity contribution < 1.29 is 9.32 Å². The fourth-order valence-corrected chi connectivity index (χ4v) is 3.01. The third-order valence-corrected chi connectivity index (χ3v) is 4.28. The molecule has 1 aliphatic rings. The highest BCUT2D eigenvalue weighted by Crippen LogP contribution is 2.24. The fourth-order valence-electron chi connectivity index (χ4n) is 3.01. The van der Waals surface area contributed by atoms with Gasteiger partial charge in [0, 0.05) is 37.5 Å². The zero-order valence-electron chi connectivity index (χ0n) is 12.9. The molecule has 3 rings (SSSR count). The van der Waals surface area contributed by atoms with Gasteiger partial charge >= 0.3 is 0 Å². The summed E-state index contributed by atoms with van der Waals surface area (Å²) in [6.07, 6.45) is 8.46. The molecule has 1 amide bonds. The summed E-state index contributed by atoms with van der Waals surface area (Å²) in [6, 6.07) is 6.13. The maximum Gasteiger partial charge on any atom is 0.276 e. The van der Waals surface area contributed by atoms with Crippen LogP contribution in [0.1, 0.15) is 48.0 Å². The summed E-state index contributed by atoms with van der Waals surface area (Å²) in [6.45, 7) is 2.80. The predicted octanol–water partition coefficient (Wildman–Crippen LogP) is 2.87. The maximum absolute atomic E-state index is 12.6. The van der Waals surface area contributed by atoms with Crippen molar-refractivity contribution in [1.29, 1.82) is 0 Å². The number of aromatic nitrogens is 2. The van der Waals surface area contributed by atoms with Crippen LogP contribution in [-0.4, -0.2) is 33.5 Å². The molecule has 0 aromatic carbocycles. The molecule has 1 aliphatic heterocycles. The molecule has 116 valence electrons. The molecular weight excluding hydrogens is 278 g/mol. The van der Waals surface area contributed by atoms with Crippen LogP contribution in [0.3, 0.4) is 0 Å². The third kappa shape index (κ3) is 3.18. The molecule has 0 N–H and O–H groups in total. The Hall–Kier alpha value is -2.17. The molecule has 1 saturated heterocycles. The van der Waals surface area contributed by atoms with Gasteiger partial charge in [-0.3, -0.25) is 9.78 Å². The largest absolute Gasteiger partial charge is 0.361 e. The zero-order valence-corrected chi connectivity index (χ0v) is 12.9. The molecule has 2 aromatic heterocycles. The van der Waals surface area contributed by atoms with Gasteiger partial charge in [0.25, 0.3) is 5.91 Å². The van der Waals surface area contributed by atoms with Gasteiger partial charge in [-0.05, 0) is 43.4 Å². The first-order chi connectivity index (χ1) is 10.8. The molecule has 3 heterocycles. The van der Waals surface area contributed by atoms with E-state index in [2.05, 4.69) is 10.1 Å². The van der Waals surface area contributed by atoms with Gasteiger partial charge in [0.05, 0.1) is 0 Å². The molecule has 5 nitrogen and oxygen atoms in total. The van der Waals surface area contributed by atoms with Gasteiger partial charge in [0.2, 0.25) is 0 Å². The summed E-state index contributed by atoms with van der Waals surface area (Å²) in [5.41, 5.74) is 1.71. The topological polar surface area (TPSA) is 59.2 Å². The zero-order chi connectivity index (χ0) is 15.4. The van der Waals surface area contributed by atoms with Crippen LogP contribution in [-0.2, 0) is 12.8 Å². The Morgan fingerprint density at radius 2 is 2.23 bits per heavy atom. The molecule has 2 aromatic rings. The summed E-state index contributed by atoms with van der Waals surface area (Å²) in [4.78, 5) is 18.6. The van der Waals surface area contributed by atoms with Gasteiger partial charge in [-0.25, -0.2) is 0 Å². The molecule has 1 fully saturated rings. The quantitative estimate of drug-likeness (QED) is 0.852. The summed E-state index contributed by atoms with van der Waals surface area (Å²) in [5.74, 6) is 0.761. The highest BCUT2D eigenvalue weighted by atomic mass is 16.5. The Morgan fingerprint density at radius 1 is 1.41 bits per heavy atom. The van der Waals surface area contributed by atoms with Crippen molar-refractivity contribution in [3.05, 3.63) is 47.6 Å². The van der Waals surface area contributed by atoms with Crippen molar-refractivity contribution in [1.82, 2.24) is 15.0 Å². The smallest absolute Gasteiger partial charge is 0.276 e. The Bertz CT molecular complexity index is 624. The minimum Gasteiger partial charge on any atom is -0.361 e. The van der Waals surface area contributed by atoms with Gasteiger partial charge in [-0.2, -0.15) is 0 Å². The molecule has 0 aliphatic carbocycles. The minimum absolute atomic E-state index is 0.000628. The first kappa shape index (κ1) is 14.8. The van der Waals surface area contributed by atoms with E-state index in [9.17, 15) is 4.79 Å². The van der Waals surface area contributed by atoms with E-state index in [1.807, 2.05) is 36.4 Å². The number of hydrogen-bond acceptors (Lipinski definition) is 4. The van der Waals surface area contributed by atoms with E-state index in [0.29, 0.717) is 11.7 Å². The van der Waals surface area contributed by atoms with Crippen LogP contribution in [0.4, 0.5) is 0 Å². The number of amides is 1. The maximum atomic E-state index is 12.6. The molecule has 0 unspecified atom stereocenters. The van der Waals surface area contributed by atoms with Crippen molar-refractivity contribution in [2.24, 2.45) is 0 Å². The lowest BCUT2D eigenvalue weighted by Gasteiger charge is -2.23. The van der Waals surface area contributed by atoms with E-state index in [4.69, 9.17) is 4.52 Å². The monoisotopic (exact) mass is 299 g/mol. The van der Waals surface area contributed by atoms with Crippen LogP contribution in [0.15, 0.2) is 35.1 Å². The van der Waals surface area contributed by atoms with Crippen molar-refractivity contribution >= 4 is 5.91 Å². The highest BCUT2D eigenvalue weighted by molar-refractivity contribution is 5.92. The number of aryl methyl sites for hydroxylation is 2. The number of likely N-dealkylation sites (tertiary alicyclic amines) is 1. The van der Waals surface area contributed by atoms with Crippen LogP contribution < -0.4 is 0 Å². The number of pyridine rings is 1. The summed E-state index contributed by atoms with van der Waals surface area (Å²) in [5, 5.41) is 3.91. The van der Waals surface area contributed by atoms with E-state index in [0.717, 1.165) is 44.4 Å². The van der Waals surface area contributed by atoms with Gasteiger partial charge in [0.1, 0.15) is 5.76 Å². The van der Waals surface area contributed by atoms with Gasteiger partial charge < -0.3 is 9.42 Å². The summed E-state index contributed by atoms with van der Waals surface area (Å²) in [7, 11) is 0. The first-order valence-corrected chi connectivity index (χ1v) is 7.93. The summed E-state index contributed by atoms with van der Waals surface area (Å²) < 4.78 is 5.15. The minimum atomic E-state index is 0.000628. The molecular formula is C17H21N3O2. The molecule has 0 spiro atoms. The fraction of sp³-hybridized carbons (Fsp3) is 0.471. The second kappa shape index (κ2) is 6.73. The number of carbonyl (C=O) groups excluding carboxylic acids is 1. The van der Waals surface area contributed by atoms with Crippen LogP contribution in [0.5, 0.6) is 0 Å². The van der Waals surface area contributed by atoms with Crippen LogP contribution in [0, 0.1) is 0 Å². The SMILES string of the molecule is CCc1cc(C(=O)N2CCC[C@@H]2CCc2ccncc2)no1. The van der Waals surface area contributed by atoms with Crippen LogP contribution >= 0.6 is 0 Å². The molecule has 0 bridgehead atoms. The van der Waals surface area contributed by atoms with E-state index in [1.54, 1.807) is 6.07 Å². The number of hydrogen-bond donors (Lipinski definition) is 0. The molecule has 1 atom stereocenters. The van der Waals surface area contributed by atoms with Crippen molar-refractivity contribution in [2.75, 3.05) is 6.54 Å². The summed E-state index contributed by atoms with van der Waals surface area (Å²) >= 11 is 0. The second-order valence-electron chi connectivity index (χ2n) is 5.72. The predicted molar refractivity (Wildman–Crippen MR) is 82.5 cm³/mol. The normalized spacial score (nSPS) is 17.9. The molecule has 5 heteroatoms. The molecule has 22 heavy (non-hydrogen) atoms. The molecule has 0 radical (unpaired) electrons. The van der Waals surface area contributed by atoms with Crippen LogP contribution in [0.25, 0.3) is 0 Å².